The molecule has 0 radical (unpaired) electrons. The van der Waals surface area contributed by atoms with E-state index in [9.17, 15) is 0 Å². The van der Waals surface area contributed by atoms with Crippen molar-refractivity contribution in [3.05, 3.63) is 35.4 Å². The van der Waals surface area contributed by atoms with Gasteiger partial charge in [0.15, 0.2) is 0 Å². The van der Waals surface area contributed by atoms with Crippen molar-refractivity contribution in [1.82, 2.24) is 10.6 Å². The Labute approximate surface area is 105 Å². The summed E-state index contributed by atoms with van der Waals surface area (Å²) in [6.45, 7) is 5.62. The highest BCUT2D eigenvalue weighted by molar-refractivity contribution is 5.22. The summed E-state index contributed by atoms with van der Waals surface area (Å²) < 4.78 is 0. The van der Waals surface area contributed by atoms with Crippen molar-refractivity contribution in [2.24, 2.45) is 0 Å². The Morgan fingerprint density at radius 3 is 2.65 bits per heavy atom. The molecule has 2 heteroatoms. The van der Waals surface area contributed by atoms with Gasteiger partial charge in [-0.1, -0.05) is 31.2 Å². The summed E-state index contributed by atoms with van der Waals surface area (Å²) in [4.78, 5) is 0. The summed E-state index contributed by atoms with van der Waals surface area (Å²) in [5.74, 6) is 0. The second-order valence-electron chi connectivity index (χ2n) is 4.92. The molecule has 0 spiro atoms. The number of hydrogen-bond acceptors (Lipinski definition) is 2. The van der Waals surface area contributed by atoms with Gasteiger partial charge in [-0.25, -0.2) is 0 Å². The zero-order chi connectivity index (χ0) is 11.9. The first kappa shape index (κ1) is 12.6. The highest BCUT2D eigenvalue weighted by atomic mass is 15.0. The monoisotopic (exact) mass is 232 g/mol. The molecule has 1 saturated heterocycles. The Hall–Kier alpha value is -0.860. The van der Waals surface area contributed by atoms with Gasteiger partial charge in [0.25, 0.3) is 0 Å². The van der Waals surface area contributed by atoms with Crippen LogP contribution < -0.4 is 10.6 Å². The molecule has 1 aromatic carbocycles. The normalized spacial score (nSPS) is 20.4. The quantitative estimate of drug-likeness (QED) is 0.812. The molecule has 94 valence electrons. The van der Waals surface area contributed by atoms with Gasteiger partial charge in [0.05, 0.1) is 0 Å². The Kier molecular flexibility index (Phi) is 5.02. The van der Waals surface area contributed by atoms with Crippen LogP contribution in [-0.4, -0.2) is 25.7 Å². The predicted molar refractivity (Wildman–Crippen MR) is 73.4 cm³/mol. The van der Waals surface area contributed by atoms with E-state index >= 15 is 0 Å². The second-order valence-corrected chi connectivity index (χ2v) is 4.92. The van der Waals surface area contributed by atoms with Crippen molar-refractivity contribution in [1.29, 1.82) is 0 Å². The van der Waals surface area contributed by atoms with Crippen molar-refractivity contribution in [2.75, 3.05) is 19.6 Å². The van der Waals surface area contributed by atoms with Crippen molar-refractivity contribution >= 4 is 0 Å². The van der Waals surface area contributed by atoms with Gasteiger partial charge < -0.3 is 10.6 Å². The van der Waals surface area contributed by atoms with E-state index in [1.807, 2.05) is 0 Å². The topological polar surface area (TPSA) is 24.1 Å². The second kappa shape index (κ2) is 6.77. The number of benzene rings is 1. The molecular weight excluding hydrogens is 208 g/mol. The molecule has 2 N–H and O–H groups in total. The lowest BCUT2D eigenvalue weighted by atomic mass is 10.1. The Balaban J connectivity index is 1.69. The van der Waals surface area contributed by atoms with Gasteiger partial charge in [0, 0.05) is 12.6 Å². The lowest BCUT2D eigenvalue weighted by Crippen LogP contribution is -2.43. The van der Waals surface area contributed by atoms with Crippen LogP contribution in [0, 0.1) is 0 Å². The number of aryl methyl sites for hydroxylation is 1. The molecule has 2 nitrogen and oxygen atoms in total. The molecule has 0 bridgehead atoms. The first-order valence-corrected chi connectivity index (χ1v) is 6.90. The first-order chi connectivity index (χ1) is 8.38. The minimum absolute atomic E-state index is 0.679. The van der Waals surface area contributed by atoms with Crippen LogP contribution in [0.15, 0.2) is 24.3 Å². The average Bonchev–Trinajstić information content (AvgIpc) is 2.41. The summed E-state index contributed by atoms with van der Waals surface area (Å²) in [6.07, 6.45) is 4.90. The van der Waals surface area contributed by atoms with Crippen LogP contribution in [0.1, 0.15) is 30.9 Å². The maximum Gasteiger partial charge on any atom is 0.0193 e. The molecule has 1 aliphatic rings. The fourth-order valence-electron chi connectivity index (χ4n) is 2.39. The zero-order valence-electron chi connectivity index (χ0n) is 10.8. The van der Waals surface area contributed by atoms with Crippen molar-refractivity contribution < 1.29 is 0 Å². The van der Waals surface area contributed by atoms with Gasteiger partial charge in [-0.2, -0.15) is 0 Å². The van der Waals surface area contributed by atoms with Gasteiger partial charge in [-0.3, -0.25) is 0 Å². The minimum atomic E-state index is 0.679. The van der Waals surface area contributed by atoms with Gasteiger partial charge in [0.2, 0.25) is 0 Å². The highest BCUT2D eigenvalue weighted by Gasteiger charge is 2.11. The third kappa shape index (κ3) is 4.14. The van der Waals surface area contributed by atoms with Crippen LogP contribution in [0.3, 0.4) is 0 Å². The SMILES string of the molecule is CCc1ccc(CCNC2CCCNC2)cc1. The van der Waals surface area contributed by atoms with Crippen LogP contribution in [0.2, 0.25) is 0 Å². The van der Waals surface area contributed by atoms with E-state index in [1.54, 1.807) is 0 Å². The van der Waals surface area contributed by atoms with Crippen LogP contribution >= 0.6 is 0 Å². The molecule has 2 rings (SSSR count). The maximum atomic E-state index is 3.64. The average molecular weight is 232 g/mol. The highest BCUT2D eigenvalue weighted by Crippen LogP contribution is 2.06. The summed E-state index contributed by atoms with van der Waals surface area (Å²) in [5.41, 5.74) is 2.87. The van der Waals surface area contributed by atoms with Gasteiger partial charge in [-0.15, -0.1) is 0 Å². The third-order valence-corrected chi connectivity index (χ3v) is 3.57. The van der Waals surface area contributed by atoms with Gasteiger partial charge in [-0.05, 0) is 49.9 Å². The van der Waals surface area contributed by atoms with E-state index in [2.05, 4.69) is 41.8 Å². The first-order valence-electron chi connectivity index (χ1n) is 6.90. The summed E-state index contributed by atoms with van der Waals surface area (Å²) in [5, 5.41) is 7.07. The Morgan fingerprint density at radius 2 is 2.00 bits per heavy atom. The van der Waals surface area contributed by atoms with Gasteiger partial charge >= 0.3 is 0 Å². The number of hydrogen-bond donors (Lipinski definition) is 2. The van der Waals surface area contributed by atoms with E-state index in [4.69, 9.17) is 0 Å². The molecule has 1 heterocycles. The van der Waals surface area contributed by atoms with Crippen LogP contribution in [-0.2, 0) is 12.8 Å². The van der Waals surface area contributed by atoms with Crippen molar-refractivity contribution in [3.8, 4) is 0 Å². The molecule has 0 amide bonds. The lowest BCUT2D eigenvalue weighted by molar-refractivity contribution is 0.392. The Morgan fingerprint density at radius 1 is 1.24 bits per heavy atom. The molecule has 0 saturated carbocycles. The molecule has 1 aromatic rings. The molecule has 0 aromatic heterocycles. The van der Waals surface area contributed by atoms with E-state index in [1.165, 1.54) is 30.5 Å². The standard InChI is InChI=1S/C15H24N2/c1-2-13-5-7-14(8-6-13)9-11-17-15-4-3-10-16-12-15/h5-8,15-17H,2-4,9-12H2,1H3. The maximum absolute atomic E-state index is 3.64. The molecule has 0 aliphatic carbocycles. The summed E-state index contributed by atoms with van der Waals surface area (Å²) >= 11 is 0. The molecule has 1 aliphatic heterocycles. The zero-order valence-corrected chi connectivity index (χ0v) is 10.8. The number of piperidine rings is 1. The minimum Gasteiger partial charge on any atom is -0.315 e. The molecule has 17 heavy (non-hydrogen) atoms. The Bertz CT molecular complexity index is 312. The number of nitrogens with one attached hydrogen (secondary N) is 2. The van der Waals surface area contributed by atoms with Crippen molar-refractivity contribution in [2.45, 2.75) is 38.6 Å². The fourth-order valence-corrected chi connectivity index (χ4v) is 2.39. The van der Waals surface area contributed by atoms with Crippen LogP contribution in [0.25, 0.3) is 0 Å². The largest absolute Gasteiger partial charge is 0.315 e. The van der Waals surface area contributed by atoms with Crippen LogP contribution in [0.5, 0.6) is 0 Å². The lowest BCUT2D eigenvalue weighted by Gasteiger charge is -2.23. The third-order valence-electron chi connectivity index (χ3n) is 3.57. The van der Waals surface area contributed by atoms with Crippen LogP contribution in [0.4, 0.5) is 0 Å². The van der Waals surface area contributed by atoms with E-state index < -0.39 is 0 Å². The molecule has 1 unspecified atom stereocenters. The summed E-state index contributed by atoms with van der Waals surface area (Å²) in [6, 6.07) is 9.70. The predicted octanol–water partition coefficient (Wildman–Crippen LogP) is 2.13. The van der Waals surface area contributed by atoms with Crippen molar-refractivity contribution in [3.63, 3.8) is 0 Å². The van der Waals surface area contributed by atoms with Gasteiger partial charge in [0.1, 0.15) is 0 Å². The molecule has 1 fully saturated rings. The molecular formula is C15H24N2. The van der Waals surface area contributed by atoms with E-state index in [0.717, 1.165) is 25.9 Å². The smallest absolute Gasteiger partial charge is 0.0193 e. The number of rotatable bonds is 5. The van der Waals surface area contributed by atoms with E-state index in [-0.39, 0.29) is 0 Å². The molecule has 1 atom stereocenters. The fraction of sp³-hybridized carbons (Fsp3) is 0.600. The summed E-state index contributed by atoms with van der Waals surface area (Å²) in [7, 11) is 0. The van der Waals surface area contributed by atoms with E-state index in [0.29, 0.717) is 6.04 Å².